The zero-order valence-corrected chi connectivity index (χ0v) is 16.6. The molecule has 28 heavy (non-hydrogen) atoms. The SMILES string of the molecule is CCCCN=C1CCCCCCC1=CC(=CO)C(=O)Nc1ccccc1C=O. The maximum Gasteiger partial charge on any atom is 0.258 e. The molecule has 1 aromatic carbocycles. The Morgan fingerprint density at radius 3 is 2.64 bits per heavy atom. The van der Waals surface area contributed by atoms with Crippen molar-refractivity contribution in [3.63, 3.8) is 0 Å². The van der Waals surface area contributed by atoms with E-state index in [4.69, 9.17) is 4.99 Å². The van der Waals surface area contributed by atoms with Gasteiger partial charge in [0.2, 0.25) is 0 Å². The number of aliphatic hydroxyl groups excluding tert-OH is 1. The van der Waals surface area contributed by atoms with Crippen LogP contribution >= 0.6 is 0 Å². The lowest BCUT2D eigenvalue weighted by Gasteiger charge is -2.16. The van der Waals surface area contributed by atoms with Crippen LogP contribution in [0.2, 0.25) is 0 Å². The molecule has 1 amide bonds. The number of nitrogens with zero attached hydrogens (tertiary/aromatic N) is 1. The lowest BCUT2D eigenvalue weighted by Crippen LogP contribution is -2.16. The standard InChI is InChI=1S/C23H30N2O3/c1-2-3-14-24-21-12-7-5-4-6-10-18(21)15-20(17-27)23(28)25-22-13-9-8-11-19(22)16-26/h8-9,11,13,15-17,27H,2-7,10,12,14H2,1H3,(H,25,28). The molecule has 1 fully saturated rings. The van der Waals surface area contributed by atoms with Gasteiger partial charge in [-0.2, -0.15) is 0 Å². The van der Waals surface area contributed by atoms with E-state index in [1.165, 1.54) is 6.42 Å². The minimum Gasteiger partial charge on any atom is -0.515 e. The van der Waals surface area contributed by atoms with Crippen molar-refractivity contribution in [3.8, 4) is 0 Å². The van der Waals surface area contributed by atoms with Crippen LogP contribution in [0, 0.1) is 0 Å². The second-order valence-electron chi connectivity index (χ2n) is 7.01. The predicted molar refractivity (Wildman–Crippen MR) is 114 cm³/mol. The van der Waals surface area contributed by atoms with E-state index in [9.17, 15) is 14.7 Å². The molecule has 0 bridgehead atoms. The van der Waals surface area contributed by atoms with Gasteiger partial charge in [-0.3, -0.25) is 14.6 Å². The lowest BCUT2D eigenvalue weighted by molar-refractivity contribution is -0.112. The summed E-state index contributed by atoms with van der Waals surface area (Å²) in [5.41, 5.74) is 3.06. The third-order valence-electron chi connectivity index (χ3n) is 4.86. The van der Waals surface area contributed by atoms with Crippen LogP contribution in [0.1, 0.15) is 68.6 Å². The Kier molecular flexibility index (Phi) is 9.19. The largest absolute Gasteiger partial charge is 0.515 e. The molecule has 0 atom stereocenters. The summed E-state index contributed by atoms with van der Waals surface area (Å²) in [6, 6.07) is 6.78. The van der Waals surface area contributed by atoms with Crippen LogP contribution in [0.3, 0.4) is 0 Å². The van der Waals surface area contributed by atoms with Gasteiger partial charge in [0.05, 0.1) is 17.5 Å². The molecule has 0 unspecified atom stereocenters. The fraction of sp³-hybridized carbons (Fsp3) is 0.435. The van der Waals surface area contributed by atoms with E-state index in [-0.39, 0.29) is 5.57 Å². The first kappa shape index (κ1) is 21.6. The molecule has 0 saturated heterocycles. The fourth-order valence-electron chi connectivity index (χ4n) is 3.23. The molecule has 0 radical (unpaired) electrons. The van der Waals surface area contributed by atoms with Gasteiger partial charge in [0.25, 0.3) is 5.91 Å². The summed E-state index contributed by atoms with van der Waals surface area (Å²) in [6.45, 7) is 2.93. The maximum atomic E-state index is 12.7. The van der Waals surface area contributed by atoms with Gasteiger partial charge in [-0.15, -0.1) is 0 Å². The smallest absolute Gasteiger partial charge is 0.258 e. The van der Waals surface area contributed by atoms with Crippen molar-refractivity contribution in [3.05, 3.63) is 53.3 Å². The summed E-state index contributed by atoms with van der Waals surface area (Å²) in [5.74, 6) is -0.445. The highest BCUT2D eigenvalue weighted by Gasteiger charge is 2.15. The van der Waals surface area contributed by atoms with Crippen LogP contribution in [-0.2, 0) is 4.79 Å². The van der Waals surface area contributed by atoms with Crippen molar-refractivity contribution >= 4 is 23.6 Å². The van der Waals surface area contributed by atoms with E-state index in [0.29, 0.717) is 17.5 Å². The first-order valence-electron chi connectivity index (χ1n) is 10.1. The minimum absolute atomic E-state index is 0.166. The summed E-state index contributed by atoms with van der Waals surface area (Å²) in [6.07, 6.45) is 11.7. The third kappa shape index (κ3) is 6.48. The van der Waals surface area contributed by atoms with E-state index in [0.717, 1.165) is 69.0 Å². The van der Waals surface area contributed by atoms with E-state index < -0.39 is 5.91 Å². The summed E-state index contributed by atoms with van der Waals surface area (Å²) in [7, 11) is 0. The van der Waals surface area contributed by atoms with Gasteiger partial charge < -0.3 is 10.4 Å². The highest BCUT2D eigenvalue weighted by molar-refractivity contribution is 6.09. The fourth-order valence-corrected chi connectivity index (χ4v) is 3.23. The second kappa shape index (κ2) is 11.9. The van der Waals surface area contributed by atoms with Gasteiger partial charge >= 0.3 is 0 Å². The van der Waals surface area contributed by atoms with Gasteiger partial charge in [0.1, 0.15) is 0 Å². The van der Waals surface area contributed by atoms with Gasteiger partial charge in [-0.05, 0) is 55.9 Å². The summed E-state index contributed by atoms with van der Waals surface area (Å²) in [5, 5.41) is 12.4. The molecule has 0 heterocycles. The van der Waals surface area contributed by atoms with Crippen molar-refractivity contribution in [2.45, 2.75) is 58.3 Å². The number of hydrogen-bond acceptors (Lipinski definition) is 4. The highest BCUT2D eigenvalue weighted by atomic mass is 16.2. The quantitative estimate of drug-likeness (QED) is 0.287. The summed E-state index contributed by atoms with van der Waals surface area (Å²) >= 11 is 0. The number of unbranched alkanes of at least 4 members (excludes halogenated alkanes) is 1. The van der Waals surface area contributed by atoms with E-state index >= 15 is 0 Å². The highest BCUT2D eigenvalue weighted by Crippen LogP contribution is 2.22. The van der Waals surface area contributed by atoms with Crippen LogP contribution in [0.4, 0.5) is 5.69 Å². The molecule has 0 aromatic heterocycles. The average Bonchev–Trinajstić information content (AvgIpc) is 2.69. The Balaban J connectivity index is 2.23. The first-order chi connectivity index (χ1) is 13.7. The number of carbonyl (C=O) groups is 2. The molecular weight excluding hydrogens is 352 g/mol. The Labute approximate surface area is 167 Å². The molecule has 5 heteroatoms. The predicted octanol–water partition coefficient (Wildman–Crippen LogP) is 5.40. The van der Waals surface area contributed by atoms with Crippen molar-refractivity contribution in [1.82, 2.24) is 0 Å². The number of nitrogens with one attached hydrogen (secondary N) is 1. The van der Waals surface area contributed by atoms with Crippen LogP contribution in [0.5, 0.6) is 0 Å². The summed E-state index contributed by atoms with van der Waals surface area (Å²) < 4.78 is 0. The van der Waals surface area contributed by atoms with E-state index in [1.807, 2.05) is 0 Å². The molecule has 2 rings (SSSR count). The van der Waals surface area contributed by atoms with Crippen LogP contribution in [-0.4, -0.2) is 29.6 Å². The number of aliphatic hydroxyl groups is 1. The van der Waals surface area contributed by atoms with Crippen LogP contribution < -0.4 is 5.32 Å². The van der Waals surface area contributed by atoms with E-state index in [2.05, 4.69) is 12.2 Å². The molecular formula is C23H30N2O3. The van der Waals surface area contributed by atoms with Gasteiger partial charge in [-0.1, -0.05) is 38.3 Å². The zero-order valence-electron chi connectivity index (χ0n) is 16.6. The number of hydrogen-bond donors (Lipinski definition) is 2. The van der Waals surface area contributed by atoms with Gasteiger partial charge in [0.15, 0.2) is 6.29 Å². The monoisotopic (exact) mass is 382 g/mol. The van der Waals surface area contributed by atoms with E-state index in [1.54, 1.807) is 30.3 Å². The minimum atomic E-state index is -0.445. The third-order valence-corrected chi connectivity index (χ3v) is 4.86. The zero-order chi connectivity index (χ0) is 20.2. The number of carbonyl (C=O) groups excluding carboxylic acids is 2. The molecule has 1 aromatic rings. The maximum absolute atomic E-state index is 12.7. The Hall–Kier alpha value is -2.69. The van der Waals surface area contributed by atoms with Crippen molar-refractivity contribution < 1.29 is 14.7 Å². The molecule has 2 N–H and O–H groups in total. The number of allylic oxidation sites excluding steroid dienone is 1. The summed E-state index contributed by atoms with van der Waals surface area (Å²) in [4.78, 5) is 28.6. The number of anilines is 1. The molecule has 1 aliphatic carbocycles. The number of benzene rings is 1. The Morgan fingerprint density at radius 1 is 1.18 bits per heavy atom. The van der Waals surface area contributed by atoms with Crippen molar-refractivity contribution in [1.29, 1.82) is 0 Å². The molecule has 5 nitrogen and oxygen atoms in total. The van der Waals surface area contributed by atoms with Gasteiger partial charge in [0, 0.05) is 17.8 Å². The van der Waals surface area contributed by atoms with Gasteiger partial charge in [-0.25, -0.2) is 0 Å². The number of amides is 1. The molecule has 1 saturated carbocycles. The molecule has 0 spiro atoms. The van der Waals surface area contributed by atoms with Crippen LogP contribution in [0.25, 0.3) is 0 Å². The molecule has 0 aliphatic heterocycles. The average molecular weight is 383 g/mol. The lowest BCUT2D eigenvalue weighted by atomic mass is 9.92. The van der Waals surface area contributed by atoms with Crippen LogP contribution in [0.15, 0.2) is 52.7 Å². The first-order valence-corrected chi connectivity index (χ1v) is 10.1. The Bertz CT molecular complexity index is 763. The Morgan fingerprint density at radius 2 is 1.93 bits per heavy atom. The second-order valence-corrected chi connectivity index (χ2v) is 7.01. The molecule has 150 valence electrons. The van der Waals surface area contributed by atoms with Crippen molar-refractivity contribution in [2.75, 3.05) is 11.9 Å². The molecule has 1 aliphatic rings. The topological polar surface area (TPSA) is 78.8 Å². The number of para-hydroxylation sites is 1. The number of aldehydes is 1. The number of rotatable bonds is 7. The number of aliphatic imine (C=N–C) groups is 1. The normalized spacial score (nSPS) is 18.5. The van der Waals surface area contributed by atoms with Crippen molar-refractivity contribution in [2.24, 2.45) is 4.99 Å².